The van der Waals surface area contributed by atoms with Crippen LogP contribution in [0.1, 0.15) is 49.8 Å². The molecule has 1 saturated heterocycles. The Morgan fingerprint density at radius 2 is 2.16 bits per heavy atom. The van der Waals surface area contributed by atoms with Crippen molar-refractivity contribution in [3.63, 3.8) is 0 Å². The zero-order valence-electron chi connectivity index (χ0n) is 14.1. The smallest absolute Gasteiger partial charge is 0.244 e. The molecule has 8 nitrogen and oxygen atoms in total. The fraction of sp³-hybridized carbons (Fsp3) is 0.471. The summed E-state index contributed by atoms with van der Waals surface area (Å²) in [6, 6.07) is 3.85. The van der Waals surface area contributed by atoms with E-state index in [1.807, 2.05) is 19.1 Å². The molecule has 130 valence electrons. The van der Waals surface area contributed by atoms with E-state index >= 15 is 0 Å². The Morgan fingerprint density at radius 1 is 1.20 bits per heavy atom. The maximum Gasteiger partial charge on any atom is 0.244 e. The summed E-state index contributed by atoms with van der Waals surface area (Å²) in [5.74, 6) is 2.57. The molecule has 4 heterocycles. The zero-order valence-corrected chi connectivity index (χ0v) is 14.1. The van der Waals surface area contributed by atoms with Gasteiger partial charge in [0, 0.05) is 24.4 Å². The van der Waals surface area contributed by atoms with Crippen molar-refractivity contribution >= 4 is 0 Å². The van der Waals surface area contributed by atoms with E-state index in [2.05, 4.69) is 30.2 Å². The van der Waals surface area contributed by atoms with E-state index in [-0.39, 0.29) is 6.04 Å². The first-order chi connectivity index (χ1) is 12.3. The summed E-state index contributed by atoms with van der Waals surface area (Å²) in [7, 11) is 0. The fourth-order valence-electron chi connectivity index (χ4n) is 3.11. The zero-order chi connectivity index (χ0) is 17.1. The van der Waals surface area contributed by atoms with Crippen LogP contribution >= 0.6 is 0 Å². The molecule has 0 unspecified atom stereocenters. The summed E-state index contributed by atoms with van der Waals surface area (Å²) >= 11 is 0. The molecule has 0 saturated carbocycles. The van der Waals surface area contributed by atoms with Gasteiger partial charge in [0.2, 0.25) is 17.6 Å². The molecule has 3 aromatic rings. The van der Waals surface area contributed by atoms with Crippen LogP contribution in [0.3, 0.4) is 0 Å². The van der Waals surface area contributed by atoms with Gasteiger partial charge in [0.25, 0.3) is 0 Å². The lowest BCUT2D eigenvalue weighted by molar-refractivity contribution is 0.0986. The lowest BCUT2D eigenvalue weighted by Crippen LogP contribution is -2.33. The Bertz CT molecular complexity index is 815. The predicted octanol–water partition coefficient (Wildman–Crippen LogP) is 2.80. The van der Waals surface area contributed by atoms with Crippen LogP contribution in [0, 0.1) is 0 Å². The molecular weight excluding hydrogens is 320 g/mol. The molecule has 4 rings (SSSR count). The third-order valence-corrected chi connectivity index (χ3v) is 4.42. The number of rotatable bonds is 5. The maximum atomic E-state index is 5.56. The Labute approximate surface area is 145 Å². The molecule has 0 amide bonds. The lowest BCUT2D eigenvalue weighted by Gasteiger charge is -2.31. The number of pyridine rings is 1. The SMILES string of the molecule is CCc1noc(CN2CCCC[C@@H]2c2nc(-c3cccnc3)no2)n1. The Balaban J connectivity index is 1.54. The first-order valence-corrected chi connectivity index (χ1v) is 8.63. The number of hydrogen-bond acceptors (Lipinski definition) is 8. The van der Waals surface area contributed by atoms with Crippen molar-refractivity contribution in [2.24, 2.45) is 0 Å². The highest BCUT2D eigenvalue weighted by molar-refractivity contribution is 5.51. The van der Waals surface area contributed by atoms with E-state index < -0.39 is 0 Å². The van der Waals surface area contributed by atoms with Crippen molar-refractivity contribution in [1.82, 2.24) is 30.2 Å². The molecule has 0 aliphatic carbocycles. The van der Waals surface area contributed by atoms with Gasteiger partial charge in [-0.3, -0.25) is 9.88 Å². The van der Waals surface area contributed by atoms with Crippen molar-refractivity contribution in [2.45, 2.75) is 45.2 Å². The van der Waals surface area contributed by atoms with Crippen molar-refractivity contribution in [3.05, 3.63) is 42.1 Å². The maximum absolute atomic E-state index is 5.56. The highest BCUT2D eigenvalue weighted by Gasteiger charge is 2.30. The molecule has 8 heteroatoms. The first-order valence-electron chi connectivity index (χ1n) is 8.63. The van der Waals surface area contributed by atoms with Crippen molar-refractivity contribution in [1.29, 1.82) is 0 Å². The first kappa shape index (κ1) is 15.9. The molecule has 0 N–H and O–H groups in total. The Hall–Kier alpha value is -2.61. The van der Waals surface area contributed by atoms with Gasteiger partial charge in [-0.05, 0) is 31.5 Å². The highest BCUT2D eigenvalue weighted by atomic mass is 16.5. The summed E-state index contributed by atoms with van der Waals surface area (Å²) in [5, 5.41) is 8.09. The number of hydrogen-bond donors (Lipinski definition) is 0. The van der Waals surface area contributed by atoms with Gasteiger partial charge in [0.15, 0.2) is 5.82 Å². The monoisotopic (exact) mass is 340 g/mol. The van der Waals surface area contributed by atoms with Crippen LogP contribution < -0.4 is 0 Å². The van der Waals surface area contributed by atoms with Gasteiger partial charge in [-0.1, -0.05) is 23.7 Å². The third kappa shape index (κ3) is 3.43. The van der Waals surface area contributed by atoms with Gasteiger partial charge in [0.1, 0.15) is 0 Å². The normalized spacial score (nSPS) is 18.5. The van der Waals surface area contributed by atoms with Gasteiger partial charge in [-0.2, -0.15) is 9.97 Å². The number of likely N-dealkylation sites (tertiary alicyclic amines) is 1. The minimum Gasteiger partial charge on any atom is -0.338 e. The summed E-state index contributed by atoms with van der Waals surface area (Å²) in [6.07, 6.45) is 7.47. The van der Waals surface area contributed by atoms with Gasteiger partial charge >= 0.3 is 0 Å². The van der Waals surface area contributed by atoms with Crippen LogP contribution in [0.5, 0.6) is 0 Å². The summed E-state index contributed by atoms with van der Waals surface area (Å²) in [6.45, 7) is 3.55. The second-order valence-corrected chi connectivity index (χ2v) is 6.14. The molecule has 0 radical (unpaired) electrons. The average molecular weight is 340 g/mol. The molecule has 0 bridgehead atoms. The van der Waals surface area contributed by atoms with Crippen LogP contribution in [0.2, 0.25) is 0 Å². The number of aryl methyl sites for hydroxylation is 1. The number of aromatic nitrogens is 5. The van der Waals surface area contributed by atoms with Gasteiger partial charge < -0.3 is 9.05 Å². The third-order valence-electron chi connectivity index (χ3n) is 4.42. The largest absolute Gasteiger partial charge is 0.338 e. The van der Waals surface area contributed by atoms with Crippen LogP contribution in [-0.4, -0.2) is 36.7 Å². The Kier molecular flexibility index (Phi) is 4.51. The average Bonchev–Trinajstić information content (AvgIpc) is 3.32. The van der Waals surface area contributed by atoms with E-state index in [1.54, 1.807) is 12.4 Å². The molecular formula is C17H20N6O2. The highest BCUT2D eigenvalue weighted by Crippen LogP contribution is 2.32. The molecule has 0 aromatic carbocycles. The summed E-state index contributed by atoms with van der Waals surface area (Å²) < 4.78 is 10.9. The standard InChI is InChI=1S/C17H20N6O2/c1-2-14-19-15(24-21-14)11-23-9-4-3-7-13(23)17-20-16(22-25-17)12-6-5-8-18-10-12/h5-6,8,10,13H,2-4,7,9,11H2,1H3/t13-/m1/s1. The van der Waals surface area contributed by atoms with Gasteiger partial charge in [0.05, 0.1) is 12.6 Å². The van der Waals surface area contributed by atoms with Crippen molar-refractivity contribution in [2.75, 3.05) is 6.54 Å². The van der Waals surface area contributed by atoms with E-state index in [1.165, 1.54) is 0 Å². The molecule has 1 aliphatic rings. The molecule has 1 fully saturated rings. The van der Waals surface area contributed by atoms with E-state index in [0.717, 1.165) is 43.6 Å². The molecule has 1 atom stereocenters. The molecule has 25 heavy (non-hydrogen) atoms. The van der Waals surface area contributed by atoms with Crippen LogP contribution in [0.25, 0.3) is 11.4 Å². The predicted molar refractivity (Wildman–Crippen MR) is 88.2 cm³/mol. The lowest BCUT2D eigenvalue weighted by atomic mass is 10.0. The minimum atomic E-state index is 0.0728. The second-order valence-electron chi connectivity index (χ2n) is 6.14. The molecule has 1 aliphatic heterocycles. The molecule has 0 spiro atoms. The fourth-order valence-corrected chi connectivity index (χ4v) is 3.11. The van der Waals surface area contributed by atoms with Crippen LogP contribution in [0.15, 0.2) is 33.6 Å². The van der Waals surface area contributed by atoms with Crippen molar-refractivity contribution in [3.8, 4) is 11.4 Å². The summed E-state index contributed by atoms with van der Waals surface area (Å²) in [4.78, 5) is 15.4. The van der Waals surface area contributed by atoms with E-state index in [9.17, 15) is 0 Å². The van der Waals surface area contributed by atoms with Crippen LogP contribution in [-0.2, 0) is 13.0 Å². The Morgan fingerprint density at radius 3 is 2.96 bits per heavy atom. The second kappa shape index (κ2) is 7.10. The van der Waals surface area contributed by atoms with Crippen LogP contribution in [0.4, 0.5) is 0 Å². The van der Waals surface area contributed by atoms with Crippen molar-refractivity contribution < 1.29 is 9.05 Å². The van der Waals surface area contributed by atoms with Gasteiger partial charge in [-0.15, -0.1) is 0 Å². The quantitative estimate of drug-likeness (QED) is 0.700. The minimum absolute atomic E-state index is 0.0728. The number of nitrogens with zero attached hydrogens (tertiary/aromatic N) is 6. The summed E-state index contributed by atoms with van der Waals surface area (Å²) in [5.41, 5.74) is 0.851. The molecule has 3 aromatic heterocycles. The topological polar surface area (TPSA) is 94.0 Å². The number of piperidine rings is 1. The van der Waals surface area contributed by atoms with Gasteiger partial charge in [-0.25, -0.2) is 0 Å². The van der Waals surface area contributed by atoms with E-state index in [0.29, 0.717) is 24.2 Å². The van der Waals surface area contributed by atoms with E-state index in [4.69, 9.17) is 9.05 Å².